The predicted octanol–water partition coefficient (Wildman–Crippen LogP) is 3.61. The highest BCUT2D eigenvalue weighted by Gasteiger charge is 2.36. The molecule has 0 N–H and O–H groups in total. The fourth-order valence-corrected chi connectivity index (χ4v) is 3.96. The molecule has 2 aliphatic heterocycles. The van der Waals surface area contributed by atoms with E-state index >= 15 is 0 Å². The summed E-state index contributed by atoms with van der Waals surface area (Å²) >= 11 is 0. The van der Waals surface area contributed by atoms with E-state index in [0.29, 0.717) is 13.1 Å². The van der Waals surface area contributed by atoms with Crippen molar-refractivity contribution in [2.45, 2.75) is 45.5 Å². The van der Waals surface area contributed by atoms with Crippen LogP contribution in [-0.2, 0) is 17.8 Å². The quantitative estimate of drug-likeness (QED) is 0.725. The van der Waals surface area contributed by atoms with Crippen molar-refractivity contribution >= 4 is 17.7 Å². The van der Waals surface area contributed by atoms with Crippen molar-refractivity contribution in [3.8, 4) is 0 Å². The molecular formula is C23H29N5O2. The molecule has 0 spiro atoms. The number of aromatic nitrogens is 2. The van der Waals surface area contributed by atoms with E-state index in [2.05, 4.69) is 44.1 Å². The van der Waals surface area contributed by atoms with Crippen LogP contribution in [0, 0.1) is 0 Å². The van der Waals surface area contributed by atoms with Gasteiger partial charge in [0, 0.05) is 26.7 Å². The highest BCUT2D eigenvalue weighted by Crippen LogP contribution is 2.33. The van der Waals surface area contributed by atoms with Crippen LogP contribution in [0.5, 0.6) is 0 Å². The normalized spacial score (nSPS) is 17.9. The summed E-state index contributed by atoms with van der Waals surface area (Å²) in [5.41, 5.74) is 1.60. The smallest absolute Gasteiger partial charge is 0.411 e. The summed E-state index contributed by atoms with van der Waals surface area (Å²) in [4.78, 5) is 28.4. The minimum atomic E-state index is -0.551. The number of nitrogens with zero attached hydrogens (tertiary/aromatic N) is 5. The van der Waals surface area contributed by atoms with Gasteiger partial charge < -0.3 is 14.5 Å². The van der Waals surface area contributed by atoms with Gasteiger partial charge in [-0.3, -0.25) is 4.90 Å². The first-order valence-corrected chi connectivity index (χ1v) is 10.3. The lowest BCUT2D eigenvalue weighted by atomic mass is 10.1. The van der Waals surface area contributed by atoms with Gasteiger partial charge in [0.15, 0.2) is 0 Å². The zero-order chi connectivity index (χ0) is 21.3. The van der Waals surface area contributed by atoms with E-state index in [4.69, 9.17) is 4.74 Å². The second kappa shape index (κ2) is 7.97. The van der Waals surface area contributed by atoms with Crippen molar-refractivity contribution in [3.05, 3.63) is 59.9 Å². The van der Waals surface area contributed by atoms with E-state index in [-0.39, 0.29) is 12.1 Å². The summed E-state index contributed by atoms with van der Waals surface area (Å²) in [6.07, 6.45) is 5.49. The molecule has 7 nitrogen and oxygen atoms in total. The van der Waals surface area contributed by atoms with Crippen LogP contribution in [0.1, 0.15) is 31.9 Å². The maximum absolute atomic E-state index is 13.0. The molecule has 0 saturated heterocycles. The Labute approximate surface area is 178 Å². The molecule has 0 radical (unpaired) electrons. The van der Waals surface area contributed by atoms with Crippen molar-refractivity contribution in [3.63, 3.8) is 0 Å². The minimum Gasteiger partial charge on any atom is -0.444 e. The van der Waals surface area contributed by atoms with Gasteiger partial charge in [0.2, 0.25) is 0 Å². The van der Waals surface area contributed by atoms with E-state index in [1.165, 1.54) is 5.56 Å². The van der Waals surface area contributed by atoms with Gasteiger partial charge in [-0.05, 0) is 26.3 Å². The van der Waals surface area contributed by atoms with Gasteiger partial charge in [-0.25, -0.2) is 14.8 Å². The summed E-state index contributed by atoms with van der Waals surface area (Å²) in [7, 11) is 2.03. The third-order valence-electron chi connectivity index (χ3n) is 5.27. The molecule has 2 bridgehead atoms. The number of rotatable bonds is 3. The molecule has 4 rings (SSSR count). The van der Waals surface area contributed by atoms with Gasteiger partial charge in [-0.1, -0.05) is 42.5 Å². The molecule has 1 amide bonds. The van der Waals surface area contributed by atoms with E-state index in [1.807, 2.05) is 46.0 Å². The Morgan fingerprint density at radius 2 is 2.00 bits per heavy atom. The topological polar surface area (TPSA) is 61.8 Å². The number of carbonyl (C=O) groups excluding carboxylic acids is 1. The van der Waals surface area contributed by atoms with Gasteiger partial charge in [0.25, 0.3) is 0 Å². The molecule has 1 aromatic heterocycles. The van der Waals surface area contributed by atoms with Crippen LogP contribution in [0.25, 0.3) is 0 Å². The fourth-order valence-electron chi connectivity index (χ4n) is 3.96. The fraction of sp³-hybridized carbons (Fsp3) is 0.435. The number of amides is 1. The first-order valence-electron chi connectivity index (χ1n) is 10.3. The summed E-state index contributed by atoms with van der Waals surface area (Å²) in [5.74, 6) is 1.73. The largest absolute Gasteiger partial charge is 0.444 e. The van der Waals surface area contributed by atoms with Crippen molar-refractivity contribution in [1.82, 2.24) is 14.9 Å². The maximum Gasteiger partial charge on any atom is 0.411 e. The van der Waals surface area contributed by atoms with Crippen LogP contribution in [0.4, 0.5) is 16.4 Å². The van der Waals surface area contributed by atoms with Crippen molar-refractivity contribution in [2.24, 2.45) is 0 Å². The van der Waals surface area contributed by atoms with Crippen molar-refractivity contribution in [1.29, 1.82) is 0 Å². The molecule has 2 aliphatic rings. The molecular weight excluding hydrogens is 378 g/mol. The Kier molecular flexibility index (Phi) is 5.37. The Morgan fingerprint density at radius 3 is 2.73 bits per heavy atom. The zero-order valence-electron chi connectivity index (χ0n) is 18.1. The number of carbonyl (C=O) groups is 1. The summed E-state index contributed by atoms with van der Waals surface area (Å²) in [6, 6.07) is 10.2. The Hall–Kier alpha value is -3.09. The van der Waals surface area contributed by atoms with Gasteiger partial charge in [-0.15, -0.1) is 0 Å². The highest BCUT2D eigenvalue weighted by atomic mass is 16.6. The second-order valence-electron chi connectivity index (χ2n) is 8.85. The third-order valence-corrected chi connectivity index (χ3v) is 5.27. The SMILES string of the molecule is CN(Cc1ccccc1)c1ncnc2c1CN(C(=O)OC(C)(C)C)[C@@H]1C=CCN2C1. The van der Waals surface area contributed by atoms with Gasteiger partial charge in [0.05, 0.1) is 18.2 Å². The molecule has 0 fully saturated rings. The van der Waals surface area contributed by atoms with Crippen LogP contribution < -0.4 is 9.80 Å². The Balaban J connectivity index is 1.69. The lowest BCUT2D eigenvalue weighted by molar-refractivity contribution is 0.0189. The number of ether oxygens (including phenoxy) is 1. The summed E-state index contributed by atoms with van der Waals surface area (Å²) in [5, 5.41) is 0. The lowest BCUT2D eigenvalue weighted by Gasteiger charge is -2.33. The summed E-state index contributed by atoms with van der Waals surface area (Å²) < 4.78 is 5.72. The molecule has 3 heterocycles. The first kappa shape index (κ1) is 20.2. The Bertz CT molecular complexity index is 938. The monoisotopic (exact) mass is 407 g/mol. The predicted molar refractivity (Wildman–Crippen MR) is 117 cm³/mol. The van der Waals surface area contributed by atoms with Crippen LogP contribution in [-0.4, -0.2) is 52.7 Å². The average molecular weight is 408 g/mol. The number of benzene rings is 1. The van der Waals surface area contributed by atoms with Crippen LogP contribution in [0.2, 0.25) is 0 Å². The molecule has 158 valence electrons. The number of hydrogen-bond donors (Lipinski definition) is 0. The van der Waals surface area contributed by atoms with Crippen molar-refractivity contribution in [2.75, 3.05) is 29.9 Å². The van der Waals surface area contributed by atoms with Crippen LogP contribution in [0.15, 0.2) is 48.8 Å². The first-order chi connectivity index (χ1) is 14.3. The number of hydrogen-bond acceptors (Lipinski definition) is 6. The standard InChI is InChI=1S/C23H29N5O2/c1-23(2,3)30-22(29)28-15-19-20(26(4)13-17-9-6-5-7-10-17)24-16-25-21(19)27-12-8-11-18(28)14-27/h5-11,16,18H,12-15H2,1-4H3/t18-/m1/s1. The van der Waals surface area contributed by atoms with Gasteiger partial charge >= 0.3 is 6.09 Å². The van der Waals surface area contributed by atoms with E-state index < -0.39 is 5.60 Å². The van der Waals surface area contributed by atoms with Crippen LogP contribution >= 0.6 is 0 Å². The van der Waals surface area contributed by atoms with E-state index in [9.17, 15) is 4.79 Å². The average Bonchev–Trinajstić information content (AvgIpc) is 2.81. The molecule has 0 aliphatic carbocycles. The molecule has 2 aromatic rings. The minimum absolute atomic E-state index is 0.0601. The molecule has 1 atom stereocenters. The molecule has 0 unspecified atom stereocenters. The molecule has 30 heavy (non-hydrogen) atoms. The molecule has 1 aromatic carbocycles. The lowest BCUT2D eigenvalue weighted by Crippen LogP contribution is -2.47. The molecule has 7 heteroatoms. The van der Waals surface area contributed by atoms with Gasteiger partial charge in [0.1, 0.15) is 23.6 Å². The maximum atomic E-state index is 13.0. The Morgan fingerprint density at radius 1 is 1.23 bits per heavy atom. The van der Waals surface area contributed by atoms with E-state index in [1.54, 1.807) is 11.2 Å². The second-order valence-corrected chi connectivity index (χ2v) is 8.85. The highest BCUT2D eigenvalue weighted by molar-refractivity contribution is 5.72. The van der Waals surface area contributed by atoms with Gasteiger partial charge in [-0.2, -0.15) is 0 Å². The van der Waals surface area contributed by atoms with Crippen LogP contribution in [0.3, 0.4) is 0 Å². The number of anilines is 2. The van der Waals surface area contributed by atoms with Crippen molar-refractivity contribution < 1.29 is 9.53 Å². The van der Waals surface area contributed by atoms with E-state index in [0.717, 1.165) is 30.3 Å². The molecule has 0 saturated carbocycles. The third kappa shape index (κ3) is 4.25. The summed E-state index contributed by atoms with van der Waals surface area (Å²) in [6.45, 7) is 8.27. The zero-order valence-corrected chi connectivity index (χ0v) is 18.1. The number of fused-ring (bicyclic) bond motifs is 4.